The van der Waals surface area contributed by atoms with Crippen molar-refractivity contribution in [1.29, 1.82) is 0 Å². The Balaban J connectivity index is 2.38. The number of benzene rings is 1. The van der Waals surface area contributed by atoms with E-state index < -0.39 is 6.10 Å². The van der Waals surface area contributed by atoms with Gasteiger partial charge in [0.15, 0.2) is 0 Å². The van der Waals surface area contributed by atoms with Crippen molar-refractivity contribution in [3.8, 4) is 5.75 Å². The van der Waals surface area contributed by atoms with E-state index in [1.165, 1.54) is 0 Å². The lowest BCUT2D eigenvalue weighted by atomic mass is 10.1. The van der Waals surface area contributed by atoms with Crippen LogP contribution < -0.4 is 15.8 Å². The Kier molecular flexibility index (Phi) is 5.16. The fraction of sp³-hybridized carbons (Fsp3) is 0.353. The van der Waals surface area contributed by atoms with Crippen LogP contribution in [-0.4, -0.2) is 22.4 Å². The summed E-state index contributed by atoms with van der Waals surface area (Å²) in [7, 11) is 0. The third-order valence-corrected chi connectivity index (χ3v) is 3.39. The number of rotatable bonds is 5. The summed E-state index contributed by atoms with van der Waals surface area (Å²) < 4.78 is 5.93. The quantitative estimate of drug-likeness (QED) is 0.885. The largest absolute Gasteiger partial charge is 0.484 e. The highest BCUT2D eigenvalue weighted by atomic mass is 16.5. The lowest BCUT2D eigenvalue weighted by Gasteiger charge is -2.19. The Morgan fingerprint density at radius 3 is 2.74 bits per heavy atom. The molecule has 0 bridgehead atoms. The average molecular weight is 314 g/mol. The van der Waals surface area contributed by atoms with E-state index >= 15 is 0 Å². The van der Waals surface area contributed by atoms with Gasteiger partial charge in [-0.25, -0.2) is 9.97 Å². The summed E-state index contributed by atoms with van der Waals surface area (Å²) in [6.45, 7) is 7.95. The van der Waals surface area contributed by atoms with Gasteiger partial charge in [-0.3, -0.25) is 4.79 Å². The zero-order valence-electron chi connectivity index (χ0n) is 13.9. The van der Waals surface area contributed by atoms with Gasteiger partial charge >= 0.3 is 0 Å². The normalized spacial score (nSPS) is 11.8. The number of hydrogen-bond donors (Lipinski definition) is 2. The first-order valence-corrected chi connectivity index (χ1v) is 7.58. The second-order valence-corrected chi connectivity index (χ2v) is 5.36. The van der Waals surface area contributed by atoms with Gasteiger partial charge in [0.2, 0.25) is 5.95 Å². The molecule has 3 N–H and O–H groups in total. The van der Waals surface area contributed by atoms with E-state index in [4.69, 9.17) is 10.5 Å². The molecule has 1 aromatic heterocycles. The van der Waals surface area contributed by atoms with Crippen LogP contribution in [0.25, 0.3) is 0 Å². The van der Waals surface area contributed by atoms with Crippen molar-refractivity contribution in [2.45, 2.75) is 33.8 Å². The molecular formula is C17H22N4O2. The third kappa shape index (κ3) is 3.97. The smallest absolute Gasteiger partial charge is 0.255 e. The van der Waals surface area contributed by atoms with Crippen LogP contribution in [-0.2, 0) is 0 Å². The molecule has 0 saturated heterocycles. The number of hydrogen-bond acceptors (Lipinski definition) is 5. The van der Waals surface area contributed by atoms with E-state index in [0.29, 0.717) is 29.2 Å². The highest BCUT2D eigenvalue weighted by molar-refractivity contribution is 5.96. The first-order valence-electron chi connectivity index (χ1n) is 7.58. The summed E-state index contributed by atoms with van der Waals surface area (Å²) in [5.74, 6) is 0.624. The van der Waals surface area contributed by atoms with Gasteiger partial charge < -0.3 is 15.8 Å². The maximum absolute atomic E-state index is 12.3. The second-order valence-electron chi connectivity index (χ2n) is 5.36. The summed E-state index contributed by atoms with van der Waals surface area (Å²) in [5.41, 5.74) is 8.29. The van der Waals surface area contributed by atoms with Gasteiger partial charge in [-0.2, -0.15) is 0 Å². The number of nitrogens with zero attached hydrogens (tertiary/aromatic N) is 2. The maximum atomic E-state index is 12.3. The number of aromatic nitrogens is 2. The van der Waals surface area contributed by atoms with E-state index in [0.717, 1.165) is 5.56 Å². The Morgan fingerprint density at radius 1 is 1.35 bits per heavy atom. The molecule has 0 spiro atoms. The Bertz CT molecular complexity index is 716. The zero-order valence-corrected chi connectivity index (χ0v) is 13.9. The Morgan fingerprint density at radius 2 is 2.09 bits per heavy atom. The SMILES string of the molecule is CCNC(=O)c1c(C)nc(N)nc1C(C)Oc1cccc(C)c1. The van der Waals surface area contributed by atoms with Gasteiger partial charge in [0, 0.05) is 6.54 Å². The van der Waals surface area contributed by atoms with E-state index in [9.17, 15) is 4.79 Å². The topological polar surface area (TPSA) is 90.1 Å². The molecule has 0 aliphatic rings. The van der Waals surface area contributed by atoms with Crippen LogP contribution >= 0.6 is 0 Å². The van der Waals surface area contributed by atoms with E-state index in [2.05, 4.69) is 15.3 Å². The summed E-state index contributed by atoms with van der Waals surface area (Å²) in [5, 5.41) is 2.78. The number of carbonyl (C=O) groups excluding carboxylic acids is 1. The fourth-order valence-electron chi connectivity index (χ4n) is 2.39. The van der Waals surface area contributed by atoms with Gasteiger partial charge in [-0.1, -0.05) is 12.1 Å². The van der Waals surface area contributed by atoms with Crippen LogP contribution in [0.15, 0.2) is 24.3 Å². The average Bonchev–Trinajstić information content (AvgIpc) is 2.46. The highest BCUT2D eigenvalue weighted by Gasteiger charge is 2.23. The Hall–Kier alpha value is -2.63. The molecule has 1 atom stereocenters. The number of aryl methyl sites for hydroxylation is 2. The summed E-state index contributed by atoms with van der Waals surface area (Å²) in [4.78, 5) is 20.6. The number of carbonyl (C=O) groups is 1. The molecule has 0 fully saturated rings. The molecule has 1 aromatic carbocycles. The standard InChI is InChI=1S/C17H22N4O2/c1-5-19-16(22)14-11(3)20-17(18)21-15(14)12(4)23-13-8-6-7-10(2)9-13/h6-9,12H,5H2,1-4H3,(H,19,22)(H2,18,20,21). The van der Waals surface area contributed by atoms with Gasteiger partial charge in [-0.05, 0) is 45.4 Å². The van der Waals surface area contributed by atoms with Crippen molar-refractivity contribution >= 4 is 11.9 Å². The number of anilines is 1. The molecule has 0 saturated carbocycles. The van der Waals surface area contributed by atoms with Gasteiger partial charge in [0.1, 0.15) is 11.9 Å². The van der Waals surface area contributed by atoms with E-state index in [1.807, 2.05) is 45.0 Å². The summed E-state index contributed by atoms with van der Waals surface area (Å²) in [6.07, 6.45) is -0.432. The number of amides is 1. The third-order valence-electron chi connectivity index (χ3n) is 3.39. The highest BCUT2D eigenvalue weighted by Crippen LogP contribution is 2.25. The molecule has 2 aromatic rings. The molecule has 23 heavy (non-hydrogen) atoms. The van der Waals surface area contributed by atoms with Crippen molar-refractivity contribution in [3.63, 3.8) is 0 Å². The lowest BCUT2D eigenvalue weighted by molar-refractivity contribution is 0.0949. The van der Waals surface area contributed by atoms with Crippen LogP contribution in [0.5, 0.6) is 5.75 Å². The number of ether oxygens (including phenoxy) is 1. The number of nitrogens with two attached hydrogens (primary N) is 1. The van der Waals surface area contributed by atoms with Crippen molar-refractivity contribution in [2.75, 3.05) is 12.3 Å². The molecule has 6 heteroatoms. The van der Waals surface area contributed by atoms with Crippen molar-refractivity contribution in [2.24, 2.45) is 0 Å². The van der Waals surface area contributed by atoms with Gasteiger partial charge in [-0.15, -0.1) is 0 Å². The lowest BCUT2D eigenvalue weighted by Crippen LogP contribution is -2.27. The maximum Gasteiger partial charge on any atom is 0.255 e. The van der Waals surface area contributed by atoms with Crippen LogP contribution in [0, 0.1) is 13.8 Å². The molecule has 2 rings (SSSR count). The van der Waals surface area contributed by atoms with Gasteiger partial charge in [0.05, 0.1) is 17.0 Å². The minimum absolute atomic E-state index is 0.130. The minimum atomic E-state index is -0.432. The number of nitrogen functional groups attached to an aromatic ring is 1. The molecule has 122 valence electrons. The van der Waals surface area contributed by atoms with Crippen LogP contribution in [0.2, 0.25) is 0 Å². The molecule has 1 amide bonds. The van der Waals surface area contributed by atoms with Crippen LogP contribution in [0.3, 0.4) is 0 Å². The fourth-order valence-corrected chi connectivity index (χ4v) is 2.39. The zero-order chi connectivity index (χ0) is 17.0. The molecule has 1 heterocycles. The molecule has 0 aliphatic carbocycles. The first kappa shape index (κ1) is 16.7. The molecule has 0 aliphatic heterocycles. The van der Waals surface area contributed by atoms with Crippen molar-refractivity contribution in [1.82, 2.24) is 15.3 Å². The molecule has 0 radical (unpaired) electrons. The van der Waals surface area contributed by atoms with Crippen molar-refractivity contribution < 1.29 is 9.53 Å². The van der Waals surface area contributed by atoms with Crippen molar-refractivity contribution in [3.05, 3.63) is 46.8 Å². The molecular weight excluding hydrogens is 292 g/mol. The first-order chi connectivity index (χ1) is 10.9. The minimum Gasteiger partial charge on any atom is -0.484 e. The molecule has 1 unspecified atom stereocenters. The van der Waals surface area contributed by atoms with Crippen LogP contribution in [0.1, 0.15) is 47.3 Å². The van der Waals surface area contributed by atoms with E-state index in [-0.39, 0.29) is 11.9 Å². The van der Waals surface area contributed by atoms with Crippen LogP contribution in [0.4, 0.5) is 5.95 Å². The molecule has 6 nitrogen and oxygen atoms in total. The predicted octanol–water partition coefficient (Wildman–Crippen LogP) is 2.57. The Labute approximate surface area is 136 Å². The second kappa shape index (κ2) is 7.09. The summed E-state index contributed by atoms with van der Waals surface area (Å²) in [6, 6.07) is 7.71. The number of nitrogens with one attached hydrogen (secondary N) is 1. The predicted molar refractivity (Wildman–Crippen MR) is 89.4 cm³/mol. The monoisotopic (exact) mass is 314 g/mol. The summed E-state index contributed by atoms with van der Waals surface area (Å²) >= 11 is 0. The van der Waals surface area contributed by atoms with E-state index in [1.54, 1.807) is 6.92 Å². The van der Waals surface area contributed by atoms with Gasteiger partial charge in [0.25, 0.3) is 5.91 Å².